The quantitative estimate of drug-likeness (QED) is 0.746. The van der Waals surface area contributed by atoms with E-state index in [0.29, 0.717) is 21.7 Å². The standard InChI is InChI=1S/C21H22Cl2N2O/c22-17-7-8-19(20(23)12-17)21(26)25-10-3-6-18(14-25)24-11-9-15-4-1-2-5-16(15)13-24/h1-2,4-5,7-8,12,18H,3,6,9-11,13-14H2/t18-/m1/s1. The summed E-state index contributed by atoms with van der Waals surface area (Å²) in [6.45, 7) is 3.59. The third-order valence-electron chi connectivity index (χ3n) is 5.52. The van der Waals surface area contributed by atoms with Crippen molar-refractivity contribution in [3.05, 3.63) is 69.2 Å². The zero-order valence-electron chi connectivity index (χ0n) is 14.6. The van der Waals surface area contributed by atoms with E-state index in [4.69, 9.17) is 23.2 Å². The van der Waals surface area contributed by atoms with Gasteiger partial charge in [-0.25, -0.2) is 0 Å². The summed E-state index contributed by atoms with van der Waals surface area (Å²) >= 11 is 12.2. The molecular formula is C21H22Cl2N2O. The molecule has 1 amide bonds. The van der Waals surface area contributed by atoms with E-state index in [9.17, 15) is 4.79 Å². The Labute approximate surface area is 164 Å². The molecule has 2 aliphatic heterocycles. The van der Waals surface area contributed by atoms with Crippen LogP contribution in [0.5, 0.6) is 0 Å². The van der Waals surface area contributed by atoms with Crippen LogP contribution in [0.4, 0.5) is 0 Å². The van der Waals surface area contributed by atoms with Gasteiger partial charge in [-0.15, -0.1) is 0 Å². The first-order chi connectivity index (χ1) is 12.6. The van der Waals surface area contributed by atoms with E-state index in [0.717, 1.165) is 45.4 Å². The summed E-state index contributed by atoms with van der Waals surface area (Å²) < 4.78 is 0. The maximum Gasteiger partial charge on any atom is 0.255 e. The van der Waals surface area contributed by atoms with Crippen LogP contribution in [0.1, 0.15) is 34.3 Å². The van der Waals surface area contributed by atoms with Gasteiger partial charge >= 0.3 is 0 Å². The van der Waals surface area contributed by atoms with Gasteiger partial charge < -0.3 is 4.90 Å². The van der Waals surface area contributed by atoms with Crippen molar-refractivity contribution in [3.63, 3.8) is 0 Å². The first-order valence-electron chi connectivity index (χ1n) is 9.17. The number of amides is 1. The highest BCUT2D eigenvalue weighted by molar-refractivity contribution is 6.36. The summed E-state index contributed by atoms with van der Waals surface area (Å²) in [4.78, 5) is 17.4. The normalized spacial score (nSPS) is 20.7. The smallest absolute Gasteiger partial charge is 0.255 e. The molecule has 2 heterocycles. The first-order valence-corrected chi connectivity index (χ1v) is 9.92. The summed E-state index contributed by atoms with van der Waals surface area (Å²) in [7, 11) is 0. The molecule has 0 N–H and O–H groups in total. The lowest BCUT2D eigenvalue weighted by Crippen LogP contribution is -2.51. The molecule has 2 aromatic carbocycles. The van der Waals surface area contributed by atoms with Gasteiger partial charge in [0.1, 0.15) is 0 Å². The Morgan fingerprint density at radius 1 is 1.04 bits per heavy atom. The second kappa shape index (κ2) is 7.59. The molecule has 0 saturated carbocycles. The van der Waals surface area contributed by atoms with Crippen LogP contribution < -0.4 is 0 Å². The van der Waals surface area contributed by atoms with E-state index in [1.807, 2.05) is 4.90 Å². The van der Waals surface area contributed by atoms with E-state index in [2.05, 4.69) is 29.2 Å². The highest BCUT2D eigenvalue weighted by Crippen LogP contribution is 2.27. The lowest BCUT2D eigenvalue weighted by atomic mass is 9.95. The van der Waals surface area contributed by atoms with E-state index >= 15 is 0 Å². The van der Waals surface area contributed by atoms with E-state index in [-0.39, 0.29) is 5.91 Å². The zero-order chi connectivity index (χ0) is 18.1. The Balaban J connectivity index is 1.47. The van der Waals surface area contributed by atoms with E-state index < -0.39 is 0 Å². The molecule has 1 saturated heterocycles. The molecule has 0 spiro atoms. The molecule has 0 bridgehead atoms. The number of benzene rings is 2. The Bertz CT molecular complexity index is 823. The van der Waals surface area contributed by atoms with Crippen LogP contribution in [0.25, 0.3) is 0 Å². The molecule has 5 heteroatoms. The molecule has 0 aromatic heterocycles. The SMILES string of the molecule is O=C(c1ccc(Cl)cc1Cl)N1CCC[C@@H](N2CCc3ccccc3C2)C1. The Morgan fingerprint density at radius 3 is 2.65 bits per heavy atom. The van der Waals surface area contributed by atoms with E-state index in [1.165, 1.54) is 11.1 Å². The summed E-state index contributed by atoms with van der Waals surface area (Å²) in [5.41, 5.74) is 3.42. The Hall–Kier alpha value is -1.55. The van der Waals surface area contributed by atoms with Gasteiger partial charge in [-0.05, 0) is 48.6 Å². The first kappa shape index (κ1) is 17.8. The third-order valence-corrected chi connectivity index (χ3v) is 6.07. The zero-order valence-corrected chi connectivity index (χ0v) is 16.1. The minimum atomic E-state index is 0.00813. The van der Waals surface area contributed by atoms with Gasteiger partial charge in [0, 0.05) is 37.2 Å². The number of hydrogen-bond donors (Lipinski definition) is 0. The Kier molecular flexibility index (Phi) is 5.21. The van der Waals surface area contributed by atoms with Crippen LogP contribution in [0.15, 0.2) is 42.5 Å². The fourth-order valence-corrected chi connectivity index (χ4v) is 4.59. The number of fused-ring (bicyclic) bond motifs is 1. The molecule has 2 aromatic rings. The van der Waals surface area contributed by atoms with Crippen LogP contribution in [-0.4, -0.2) is 41.4 Å². The highest BCUT2D eigenvalue weighted by Gasteiger charge is 2.30. The van der Waals surface area contributed by atoms with E-state index in [1.54, 1.807) is 18.2 Å². The van der Waals surface area contributed by atoms with Crippen LogP contribution in [-0.2, 0) is 13.0 Å². The predicted molar refractivity (Wildman–Crippen MR) is 106 cm³/mol. The molecule has 26 heavy (non-hydrogen) atoms. The number of carbonyl (C=O) groups is 1. The lowest BCUT2D eigenvalue weighted by Gasteiger charge is -2.41. The van der Waals surface area contributed by atoms with Gasteiger partial charge in [-0.2, -0.15) is 0 Å². The largest absolute Gasteiger partial charge is 0.337 e. The maximum atomic E-state index is 12.9. The van der Waals surface area contributed by atoms with Crippen LogP contribution in [0.2, 0.25) is 10.0 Å². The molecule has 136 valence electrons. The summed E-state index contributed by atoms with van der Waals surface area (Å²) in [6, 6.07) is 14.2. The number of likely N-dealkylation sites (tertiary alicyclic amines) is 1. The van der Waals surface area contributed by atoms with Crippen LogP contribution in [0, 0.1) is 0 Å². The molecule has 0 unspecified atom stereocenters. The minimum Gasteiger partial charge on any atom is -0.337 e. The highest BCUT2D eigenvalue weighted by atomic mass is 35.5. The number of nitrogens with zero attached hydrogens (tertiary/aromatic N) is 2. The lowest BCUT2D eigenvalue weighted by molar-refractivity contribution is 0.0549. The molecule has 3 nitrogen and oxygen atoms in total. The average Bonchev–Trinajstić information content (AvgIpc) is 2.67. The summed E-state index contributed by atoms with van der Waals surface area (Å²) in [6.07, 6.45) is 3.25. The van der Waals surface area contributed by atoms with Crippen molar-refractivity contribution in [2.45, 2.75) is 31.8 Å². The monoisotopic (exact) mass is 388 g/mol. The second-order valence-corrected chi connectivity index (χ2v) is 8.00. The third kappa shape index (κ3) is 3.62. The predicted octanol–water partition coefficient (Wildman–Crippen LogP) is 4.66. The van der Waals surface area contributed by atoms with Crippen molar-refractivity contribution in [1.29, 1.82) is 0 Å². The van der Waals surface area contributed by atoms with Gasteiger partial charge in [-0.3, -0.25) is 9.69 Å². The summed E-state index contributed by atoms with van der Waals surface area (Å²) in [5.74, 6) is 0.00813. The number of piperidine rings is 1. The molecular weight excluding hydrogens is 367 g/mol. The van der Waals surface area contributed by atoms with Crippen LogP contribution >= 0.6 is 23.2 Å². The van der Waals surface area contributed by atoms with Gasteiger partial charge in [0.2, 0.25) is 0 Å². The molecule has 1 fully saturated rings. The van der Waals surface area contributed by atoms with Crippen molar-refractivity contribution >= 4 is 29.1 Å². The maximum absolute atomic E-state index is 12.9. The minimum absolute atomic E-state index is 0.00813. The van der Waals surface area contributed by atoms with Gasteiger partial charge in [0.05, 0.1) is 10.6 Å². The number of hydrogen-bond acceptors (Lipinski definition) is 2. The van der Waals surface area contributed by atoms with Gasteiger partial charge in [0.15, 0.2) is 0 Å². The Morgan fingerprint density at radius 2 is 1.85 bits per heavy atom. The fraction of sp³-hybridized carbons (Fsp3) is 0.381. The number of rotatable bonds is 2. The second-order valence-electron chi connectivity index (χ2n) is 7.16. The van der Waals surface area contributed by atoms with Crippen molar-refractivity contribution in [2.24, 2.45) is 0 Å². The molecule has 2 aliphatic rings. The fourth-order valence-electron chi connectivity index (χ4n) is 4.10. The van der Waals surface area contributed by atoms with Crippen molar-refractivity contribution in [3.8, 4) is 0 Å². The van der Waals surface area contributed by atoms with Crippen LogP contribution in [0.3, 0.4) is 0 Å². The topological polar surface area (TPSA) is 23.6 Å². The van der Waals surface area contributed by atoms with Gasteiger partial charge in [-0.1, -0.05) is 47.5 Å². The number of halogens is 2. The molecule has 0 aliphatic carbocycles. The molecule has 0 radical (unpaired) electrons. The number of carbonyl (C=O) groups excluding carboxylic acids is 1. The van der Waals surface area contributed by atoms with Crippen molar-refractivity contribution in [1.82, 2.24) is 9.80 Å². The molecule has 1 atom stereocenters. The molecule has 4 rings (SSSR count). The van der Waals surface area contributed by atoms with Crippen molar-refractivity contribution < 1.29 is 4.79 Å². The summed E-state index contributed by atoms with van der Waals surface area (Å²) in [5, 5.41) is 0.978. The van der Waals surface area contributed by atoms with Gasteiger partial charge in [0.25, 0.3) is 5.91 Å². The average molecular weight is 389 g/mol. The van der Waals surface area contributed by atoms with Crippen molar-refractivity contribution in [2.75, 3.05) is 19.6 Å².